The minimum absolute atomic E-state index is 0.000170. The molecule has 4 N–H and O–H groups in total. The molecule has 3 heterocycles. The van der Waals surface area contributed by atoms with Crippen LogP contribution < -0.4 is 20.7 Å². The number of benzene rings is 1. The van der Waals surface area contributed by atoms with Crippen LogP contribution in [0.1, 0.15) is 101 Å². The molecule has 5 aliphatic rings. The average molecular weight is 616 g/mol. The van der Waals surface area contributed by atoms with Gasteiger partial charge in [-0.1, -0.05) is 38.5 Å². The Bertz CT molecular complexity index is 1170. The van der Waals surface area contributed by atoms with Gasteiger partial charge in [0.1, 0.15) is 12.5 Å². The SMILES string of the molecule is Cc1cccc(C)c1C1CC2NC(N1)NS(=O)(=O)C1CCCC(C1)CN(CC1CC3(CCNCC3)C1)[C@H](CC(C)C)CO2. The van der Waals surface area contributed by atoms with E-state index in [1.807, 2.05) is 0 Å². The molecule has 5 fully saturated rings. The zero-order valence-corrected chi connectivity index (χ0v) is 27.9. The average Bonchev–Trinajstić information content (AvgIpc) is 2.94. The number of hydrogen-bond donors (Lipinski definition) is 4. The van der Waals surface area contributed by atoms with Crippen LogP contribution in [0.2, 0.25) is 0 Å². The fourth-order valence-electron chi connectivity index (χ4n) is 9.29. The number of rotatable bonds is 5. The standard InChI is InChI=1S/C34H57N5O3S/c1-23(2)15-28-22-42-31-17-30(32-24(3)7-5-8-25(32)4)36-33(37-31)38-43(40,41)29-10-6-9-26(16-29)20-39(28)21-27-18-34(19-27)11-13-35-14-12-34/h5,7-8,23,26-31,33,35-38H,6,9-22H2,1-4H3/t26?,28-,29?,30?,31?,33?/m1/s1. The number of nitrogens with zero attached hydrogens (tertiary/aromatic N) is 1. The molecule has 6 atom stereocenters. The van der Waals surface area contributed by atoms with Crippen molar-refractivity contribution in [2.45, 2.75) is 122 Å². The first-order chi connectivity index (χ1) is 20.6. The number of piperidine rings is 1. The van der Waals surface area contributed by atoms with E-state index in [1.165, 1.54) is 55.5 Å². The molecule has 3 aliphatic heterocycles. The van der Waals surface area contributed by atoms with Crippen molar-refractivity contribution in [3.8, 4) is 0 Å². The first-order valence-corrected chi connectivity index (χ1v) is 18.8. The molecule has 6 rings (SSSR count). The Hall–Kier alpha value is -1.07. The molecule has 0 aromatic heterocycles. The van der Waals surface area contributed by atoms with Crippen LogP contribution in [0.25, 0.3) is 0 Å². The number of hydrogen-bond acceptors (Lipinski definition) is 7. The highest BCUT2D eigenvalue weighted by Crippen LogP contribution is 2.52. The van der Waals surface area contributed by atoms with Gasteiger partial charge in [-0.25, -0.2) is 8.42 Å². The van der Waals surface area contributed by atoms with E-state index in [-0.39, 0.29) is 17.5 Å². The maximum Gasteiger partial charge on any atom is 0.216 e. The van der Waals surface area contributed by atoms with Gasteiger partial charge in [0, 0.05) is 31.6 Å². The maximum atomic E-state index is 13.8. The molecule has 9 heteroatoms. The first-order valence-electron chi connectivity index (χ1n) is 17.2. The lowest BCUT2D eigenvalue weighted by Crippen LogP contribution is -2.64. The highest BCUT2D eigenvalue weighted by Gasteiger charge is 2.46. The van der Waals surface area contributed by atoms with E-state index in [0.29, 0.717) is 29.9 Å². The summed E-state index contributed by atoms with van der Waals surface area (Å²) < 4.78 is 37.5. The fourth-order valence-corrected chi connectivity index (χ4v) is 10.9. The summed E-state index contributed by atoms with van der Waals surface area (Å²) in [6.45, 7) is 14.1. The quantitative estimate of drug-likeness (QED) is 0.387. The molecular weight excluding hydrogens is 558 g/mol. The van der Waals surface area contributed by atoms with Crippen LogP contribution in [-0.4, -0.2) is 69.9 Å². The van der Waals surface area contributed by atoms with Crippen molar-refractivity contribution in [3.63, 3.8) is 0 Å². The Morgan fingerprint density at radius 1 is 1.05 bits per heavy atom. The zero-order chi connectivity index (χ0) is 30.2. The van der Waals surface area contributed by atoms with E-state index in [0.717, 1.165) is 57.5 Å². The number of sulfonamides is 1. The number of aryl methyl sites for hydroxylation is 2. The summed E-state index contributed by atoms with van der Waals surface area (Å²) in [6, 6.07) is 6.73. The van der Waals surface area contributed by atoms with Crippen molar-refractivity contribution in [3.05, 3.63) is 34.9 Å². The Kier molecular flexibility index (Phi) is 9.90. The summed E-state index contributed by atoms with van der Waals surface area (Å²) in [4.78, 5) is 2.76. The van der Waals surface area contributed by atoms with E-state index in [9.17, 15) is 8.42 Å². The Balaban J connectivity index is 1.26. The number of fused-ring (bicyclic) bond motifs is 4. The van der Waals surface area contributed by atoms with Crippen molar-refractivity contribution < 1.29 is 13.2 Å². The van der Waals surface area contributed by atoms with Crippen LogP contribution in [-0.2, 0) is 14.8 Å². The van der Waals surface area contributed by atoms with E-state index in [4.69, 9.17) is 4.74 Å². The summed E-state index contributed by atoms with van der Waals surface area (Å²) in [5, 5.41) is 10.3. The van der Waals surface area contributed by atoms with Crippen LogP contribution in [0.3, 0.4) is 0 Å². The molecule has 8 nitrogen and oxygen atoms in total. The third-order valence-corrected chi connectivity index (χ3v) is 13.2. The Labute approximate surface area is 260 Å². The number of nitrogens with one attached hydrogen (secondary N) is 4. The van der Waals surface area contributed by atoms with Gasteiger partial charge >= 0.3 is 0 Å². The molecule has 2 saturated carbocycles. The molecule has 2 aliphatic carbocycles. The largest absolute Gasteiger partial charge is 0.362 e. The summed E-state index contributed by atoms with van der Waals surface area (Å²) >= 11 is 0. The monoisotopic (exact) mass is 615 g/mol. The van der Waals surface area contributed by atoms with Gasteiger partial charge in [-0.05, 0) is 118 Å². The van der Waals surface area contributed by atoms with Crippen LogP contribution in [0.15, 0.2) is 18.2 Å². The van der Waals surface area contributed by atoms with E-state index < -0.39 is 16.3 Å². The summed E-state index contributed by atoms with van der Waals surface area (Å²) in [5.74, 6) is 1.71. The van der Waals surface area contributed by atoms with Crippen molar-refractivity contribution in [1.82, 2.24) is 25.6 Å². The van der Waals surface area contributed by atoms with Crippen molar-refractivity contribution in [2.75, 3.05) is 32.8 Å². The van der Waals surface area contributed by atoms with Crippen LogP contribution in [0.5, 0.6) is 0 Å². The summed E-state index contributed by atoms with van der Waals surface area (Å²) in [7, 11) is -3.51. The second-order valence-corrected chi connectivity index (χ2v) is 17.3. The van der Waals surface area contributed by atoms with Gasteiger partial charge < -0.3 is 10.1 Å². The topological polar surface area (TPSA) is 94.7 Å². The molecule has 43 heavy (non-hydrogen) atoms. The molecular formula is C34H57N5O3S. The lowest BCUT2D eigenvalue weighted by molar-refractivity contribution is -0.0601. The van der Waals surface area contributed by atoms with Gasteiger partial charge in [-0.15, -0.1) is 0 Å². The molecule has 1 spiro atoms. The molecule has 242 valence electrons. The third kappa shape index (κ3) is 7.50. The molecule has 3 saturated heterocycles. The smallest absolute Gasteiger partial charge is 0.216 e. The molecule has 0 amide bonds. The summed E-state index contributed by atoms with van der Waals surface area (Å²) in [6.07, 6.45) is 9.98. The molecule has 5 unspecified atom stereocenters. The van der Waals surface area contributed by atoms with Gasteiger partial charge in [0.05, 0.1) is 11.9 Å². The fraction of sp³-hybridized carbons (Fsp3) is 0.824. The summed E-state index contributed by atoms with van der Waals surface area (Å²) in [5.41, 5.74) is 4.27. The predicted molar refractivity (Wildman–Crippen MR) is 173 cm³/mol. The molecule has 1 aromatic carbocycles. The lowest BCUT2D eigenvalue weighted by atomic mass is 9.57. The second-order valence-electron chi connectivity index (χ2n) is 15.3. The number of ether oxygens (including phenoxy) is 1. The van der Waals surface area contributed by atoms with Crippen molar-refractivity contribution in [1.29, 1.82) is 0 Å². The first kappa shape index (κ1) is 31.9. The minimum atomic E-state index is -3.51. The van der Waals surface area contributed by atoms with Crippen LogP contribution >= 0.6 is 0 Å². The zero-order valence-electron chi connectivity index (χ0n) is 27.0. The lowest BCUT2D eigenvalue weighted by Gasteiger charge is -2.52. The van der Waals surface area contributed by atoms with Gasteiger partial charge in [0.25, 0.3) is 0 Å². The minimum Gasteiger partial charge on any atom is -0.362 e. The van der Waals surface area contributed by atoms with Crippen molar-refractivity contribution in [2.24, 2.45) is 23.2 Å². The van der Waals surface area contributed by atoms with Gasteiger partial charge in [-0.2, -0.15) is 4.72 Å². The van der Waals surface area contributed by atoms with Crippen LogP contribution in [0, 0.1) is 37.0 Å². The maximum absolute atomic E-state index is 13.8. The normalized spacial score (nSPS) is 35.5. The van der Waals surface area contributed by atoms with Gasteiger partial charge in [0.15, 0.2) is 0 Å². The molecule has 1 aromatic rings. The third-order valence-electron chi connectivity index (χ3n) is 11.4. The Morgan fingerprint density at radius 2 is 1.79 bits per heavy atom. The van der Waals surface area contributed by atoms with Gasteiger partial charge in [0.2, 0.25) is 10.0 Å². The van der Waals surface area contributed by atoms with Crippen LogP contribution in [0.4, 0.5) is 0 Å². The van der Waals surface area contributed by atoms with Gasteiger partial charge in [-0.3, -0.25) is 15.5 Å². The highest BCUT2D eigenvalue weighted by molar-refractivity contribution is 7.90. The molecule has 4 bridgehead atoms. The second kappa shape index (κ2) is 13.3. The van der Waals surface area contributed by atoms with E-state index in [2.05, 4.69) is 71.5 Å². The van der Waals surface area contributed by atoms with Crippen molar-refractivity contribution >= 4 is 10.0 Å². The molecule has 0 radical (unpaired) electrons. The predicted octanol–water partition coefficient (Wildman–Crippen LogP) is 4.54. The van der Waals surface area contributed by atoms with E-state index >= 15 is 0 Å². The highest BCUT2D eigenvalue weighted by atomic mass is 32.2. The Morgan fingerprint density at radius 3 is 2.51 bits per heavy atom. The van der Waals surface area contributed by atoms with E-state index in [1.54, 1.807) is 0 Å².